The second kappa shape index (κ2) is 8.31. The van der Waals surface area contributed by atoms with Gasteiger partial charge in [0, 0.05) is 6.54 Å². The van der Waals surface area contributed by atoms with Crippen molar-refractivity contribution in [1.29, 1.82) is 0 Å². The fourth-order valence-corrected chi connectivity index (χ4v) is 2.04. The number of thioether (sulfide) groups is 1. The highest BCUT2D eigenvalue weighted by atomic mass is 32.2. The zero-order valence-corrected chi connectivity index (χ0v) is 11.7. The van der Waals surface area contributed by atoms with Crippen molar-refractivity contribution in [3.8, 4) is 0 Å². The monoisotopic (exact) mass is 269 g/mol. The molecular formula is C12H19N3S2. The molecule has 0 radical (unpaired) electrons. The summed E-state index contributed by atoms with van der Waals surface area (Å²) in [7, 11) is 0. The van der Waals surface area contributed by atoms with Crippen molar-refractivity contribution in [3.05, 3.63) is 24.0 Å². The summed E-state index contributed by atoms with van der Waals surface area (Å²) < 4.78 is 0. The quantitative estimate of drug-likeness (QED) is 0.561. The van der Waals surface area contributed by atoms with Crippen molar-refractivity contribution in [2.45, 2.75) is 19.3 Å². The number of nitrogens with one attached hydrogen (secondary N) is 1. The third kappa shape index (κ3) is 5.89. The van der Waals surface area contributed by atoms with Crippen LogP contribution in [0.15, 0.2) is 18.3 Å². The van der Waals surface area contributed by atoms with Crippen LogP contribution in [0.5, 0.6) is 0 Å². The topological polar surface area (TPSA) is 50.9 Å². The summed E-state index contributed by atoms with van der Waals surface area (Å²) in [5.41, 5.74) is 7.17. The van der Waals surface area contributed by atoms with E-state index in [4.69, 9.17) is 18.0 Å². The number of pyridine rings is 1. The predicted molar refractivity (Wildman–Crippen MR) is 80.8 cm³/mol. The molecule has 0 aromatic carbocycles. The third-order valence-electron chi connectivity index (χ3n) is 2.37. The Morgan fingerprint density at radius 1 is 1.41 bits per heavy atom. The molecule has 17 heavy (non-hydrogen) atoms. The highest BCUT2D eigenvalue weighted by Gasteiger charge is 1.97. The summed E-state index contributed by atoms with van der Waals surface area (Å²) in [5, 5.41) is 3.33. The van der Waals surface area contributed by atoms with Crippen LogP contribution in [0.4, 0.5) is 5.69 Å². The molecule has 0 aliphatic rings. The first-order chi connectivity index (χ1) is 8.24. The number of rotatable bonds is 8. The van der Waals surface area contributed by atoms with Crippen LogP contribution >= 0.6 is 24.0 Å². The van der Waals surface area contributed by atoms with Crippen LogP contribution in [-0.2, 0) is 0 Å². The Kier molecular flexibility index (Phi) is 6.96. The van der Waals surface area contributed by atoms with E-state index in [1.54, 1.807) is 6.20 Å². The normalized spacial score (nSPS) is 10.2. The number of hydrogen-bond acceptors (Lipinski definition) is 4. The molecule has 0 bridgehead atoms. The van der Waals surface area contributed by atoms with Crippen LogP contribution in [0.2, 0.25) is 0 Å². The van der Waals surface area contributed by atoms with Gasteiger partial charge in [0.1, 0.15) is 4.99 Å². The van der Waals surface area contributed by atoms with Gasteiger partial charge in [-0.15, -0.1) is 0 Å². The molecule has 0 saturated heterocycles. The average molecular weight is 269 g/mol. The first-order valence-corrected chi connectivity index (χ1v) is 7.53. The number of anilines is 1. The molecule has 1 aromatic heterocycles. The van der Waals surface area contributed by atoms with Gasteiger partial charge in [0.05, 0.1) is 17.6 Å². The molecule has 3 nitrogen and oxygen atoms in total. The van der Waals surface area contributed by atoms with E-state index in [-0.39, 0.29) is 0 Å². The van der Waals surface area contributed by atoms with Crippen molar-refractivity contribution in [3.63, 3.8) is 0 Å². The summed E-state index contributed by atoms with van der Waals surface area (Å²) in [4.78, 5) is 4.52. The summed E-state index contributed by atoms with van der Waals surface area (Å²) in [6.45, 7) is 0.989. The molecule has 0 aliphatic carbocycles. The maximum atomic E-state index is 5.48. The molecule has 0 saturated carbocycles. The molecule has 1 aromatic rings. The fourth-order valence-electron chi connectivity index (χ4n) is 1.43. The van der Waals surface area contributed by atoms with Crippen molar-refractivity contribution in [1.82, 2.24) is 4.98 Å². The molecule has 94 valence electrons. The SMILES string of the molecule is CSCCCCCNc1ccc(C(N)=S)nc1. The van der Waals surface area contributed by atoms with Gasteiger partial charge in [-0.1, -0.05) is 18.6 Å². The van der Waals surface area contributed by atoms with Gasteiger partial charge in [0.25, 0.3) is 0 Å². The van der Waals surface area contributed by atoms with Crippen LogP contribution in [0.1, 0.15) is 25.0 Å². The molecule has 0 spiro atoms. The Labute approximate surface area is 113 Å². The van der Waals surface area contributed by atoms with Crippen LogP contribution in [-0.4, -0.2) is 28.5 Å². The Hall–Kier alpha value is -0.810. The standard InChI is InChI=1S/C12H19N3S2/c1-17-8-4-2-3-7-14-10-5-6-11(12(13)16)15-9-10/h5-6,9,14H,2-4,7-8H2,1H3,(H2,13,16). The van der Waals surface area contributed by atoms with Crippen LogP contribution in [0.3, 0.4) is 0 Å². The molecule has 1 rings (SSSR count). The minimum atomic E-state index is 0.341. The number of aromatic nitrogens is 1. The number of unbranched alkanes of at least 4 members (excludes halogenated alkanes) is 2. The lowest BCUT2D eigenvalue weighted by Crippen LogP contribution is -2.11. The van der Waals surface area contributed by atoms with Crippen molar-refractivity contribution < 1.29 is 0 Å². The van der Waals surface area contributed by atoms with Gasteiger partial charge in [0.15, 0.2) is 0 Å². The van der Waals surface area contributed by atoms with Gasteiger partial charge < -0.3 is 11.1 Å². The van der Waals surface area contributed by atoms with Gasteiger partial charge in [-0.3, -0.25) is 4.98 Å². The summed E-state index contributed by atoms with van der Waals surface area (Å²) in [6, 6.07) is 3.81. The second-order valence-corrected chi connectivity index (χ2v) is 5.20. The van der Waals surface area contributed by atoms with E-state index in [1.165, 1.54) is 25.0 Å². The van der Waals surface area contributed by atoms with Crippen LogP contribution in [0, 0.1) is 0 Å². The molecule has 3 N–H and O–H groups in total. The van der Waals surface area contributed by atoms with Gasteiger partial charge in [0.2, 0.25) is 0 Å². The minimum Gasteiger partial charge on any atom is -0.388 e. The Morgan fingerprint density at radius 3 is 2.82 bits per heavy atom. The van der Waals surface area contributed by atoms with Crippen LogP contribution < -0.4 is 11.1 Å². The maximum Gasteiger partial charge on any atom is 0.122 e. The molecule has 1 heterocycles. The van der Waals surface area contributed by atoms with Crippen molar-refractivity contribution in [2.75, 3.05) is 23.9 Å². The average Bonchev–Trinajstić information content (AvgIpc) is 2.34. The molecule has 0 atom stereocenters. The Bertz CT molecular complexity index is 338. The maximum absolute atomic E-state index is 5.48. The molecule has 0 fully saturated rings. The van der Waals surface area contributed by atoms with Crippen molar-refractivity contribution in [2.24, 2.45) is 5.73 Å². The van der Waals surface area contributed by atoms with E-state index in [0.717, 1.165) is 12.2 Å². The first-order valence-electron chi connectivity index (χ1n) is 5.72. The Morgan fingerprint density at radius 2 is 2.24 bits per heavy atom. The summed E-state index contributed by atoms with van der Waals surface area (Å²) in [5.74, 6) is 1.25. The lowest BCUT2D eigenvalue weighted by Gasteiger charge is -2.06. The van der Waals surface area contributed by atoms with Gasteiger partial charge >= 0.3 is 0 Å². The zero-order chi connectivity index (χ0) is 12.5. The smallest absolute Gasteiger partial charge is 0.122 e. The zero-order valence-electron chi connectivity index (χ0n) is 10.1. The van der Waals surface area contributed by atoms with Crippen LogP contribution in [0.25, 0.3) is 0 Å². The largest absolute Gasteiger partial charge is 0.388 e. The molecule has 0 aliphatic heterocycles. The minimum absolute atomic E-state index is 0.341. The van der Waals surface area contributed by atoms with Gasteiger partial charge in [-0.05, 0) is 37.0 Å². The molecular weight excluding hydrogens is 250 g/mol. The molecule has 5 heteroatoms. The van der Waals surface area contributed by atoms with Gasteiger partial charge in [-0.2, -0.15) is 11.8 Å². The lowest BCUT2D eigenvalue weighted by atomic mass is 10.2. The second-order valence-electron chi connectivity index (χ2n) is 3.78. The number of nitrogens with two attached hydrogens (primary N) is 1. The van der Waals surface area contributed by atoms with E-state index in [9.17, 15) is 0 Å². The van der Waals surface area contributed by atoms with E-state index >= 15 is 0 Å². The fraction of sp³-hybridized carbons (Fsp3) is 0.500. The number of hydrogen-bond donors (Lipinski definition) is 2. The van der Waals surface area contributed by atoms with E-state index in [0.29, 0.717) is 10.7 Å². The summed E-state index contributed by atoms with van der Waals surface area (Å²) in [6.07, 6.45) is 7.68. The van der Waals surface area contributed by atoms with Gasteiger partial charge in [-0.25, -0.2) is 0 Å². The van der Waals surface area contributed by atoms with Crippen molar-refractivity contribution >= 4 is 34.7 Å². The first kappa shape index (κ1) is 14.3. The highest BCUT2D eigenvalue weighted by Crippen LogP contribution is 2.07. The predicted octanol–water partition coefficient (Wildman–Crippen LogP) is 2.66. The Balaban J connectivity index is 2.21. The number of nitrogens with zero attached hydrogens (tertiary/aromatic N) is 1. The molecule has 0 amide bonds. The third-order valence-corrected chi connectivity index (χ3v) is 3.28. The van der Waals surface area contributed by atoms with E-state index in [2.05, 4.69) is 16.6 Å². The number of thiocarbonyl (C=S) groups is 1. The van der Waals surface area contributed by atoms with E-state index in [1.807, 2.05) is 23.9 Å². The summed E-state index contributed by atoms with van der Waals surface area (Å²) >= 11 is 6.75. The molecule has 0 unspecified atom stereocenters. The van der Waals surface area contributed by atoms with E-state index < -0.39 is 0 Å². The lowest BCUT2D eigenvalue weighted by molar-refractivity contribution is 0.749. The highest BCUT2D eigenvalue weighted by molar-refractivity contribution is 7.98.